The molecule has 212 valence electrons. The van der Waals surface area contributed by atoms with E-state index in [0.717, 1.165) is 34.0 Å². The number of aryl methyl sites for hydroxylation is 1. The van der Waals surface area contributed by atoms with E-state index in [-0.39, 0.29) is 24.8 Å². The van der Waals surface area contributed by atoms with Crippen LogP contribution in [0.4, 0.5) is 18.0 Å². The van der Waals surface area contributed by atoms with Crippen molar-refractivity contribution in [1.29, 1.82) is 0 Å². The largest absolute Gasteiger partial charge is 0.416 e. The quantitative estimate of drug-likeness (QED) is 0.256. The Morgan fingerprint density at radius 3 is 2.49 bits per heavy atom. The van der Waals surface area contributed by atoms with E-state index in [1.807, 2.05) is 45.0 Å². The number of alkyl halides is 3. The van der Waals surface area contributed by atoms with Gasteiger partial charge in [-0.25, -0.2) is 4.79 Å². The van der Waals surface area contributed by atoms with E-state index in [1.54, 1.807) is 35.5 Å². The number of rotatable bonds is 5. The zero-order chi connectivity index (χ0) is 29.4. The number of nitrogens with one attached hydrogen (secondary N) is 1. The van der Waals surface area contributed by atoms with Crippen LogP contribution in [-0.4, -0.2) is 33.8 Å². The van der Waals surface area contributed by atoms with Crippen molar-refractivity contribution in [2.75, 3.05) is 6.54 Å². The van der Waals surface area contributed by atoms with Gasteiger partial charge in [-0.1, -0.05) is 48.5 Å². The maximum atomic E-state index is 13.7. The summed E-state index contributed by atoms with van der Waals surface area (Å²) in [6.45, 7) is 6.27. The Hall–Kier alpha value is -4.20. The lowest BCUT2D eigenvalue weighted by Crippen LogP contribution is -2.50. The molecule has 0 radical (unpaired) electrons. The summed E-state index contributed by atoms with van der Waals surface area (Å²) in [5, 5.41) is 5.02. The summed E-state index contributed by atoms with van der Waals surface area (Å²) >= 11 is 0. The van der Waals surface area contributed by atoms with Crippen LogP contribution in [0.1, 0.15) is 59.8 Å². The summed E-state index contributed by atoms with van der Waals surface area (Å²) in [4.78, 5) is 32.7. The average molecular weight is 560 g/mol. The first kappa shape index (κ1) is 28.3. The molecule has 0 spiro atoms. The fourth-order valence-electron chi connectivity index (χ4n) is 5.40. The van der Waals surface area contributed by atoms with Gasteiger partial charge in [0.05, 0.1) is 5.56 Å². The van der Waals surface area contributed by atoms with Gasteiger partial charge in [0.15, 0.2) is 5.78 Å². The van der Waals surface area contributed by atoms with Crippen molar-refractivity contribution in [1.82, 2.24) is 15.2 Å². The maximum Gasteiger partial charge on any atom is 0.416 e. The van der Waals surface area contributed by atoms with Crippen LogP contribution in [0.15, 0.2) is 73.1 Å². The highest BCUT2D eigenvalue weighted by Crippen LogP contribution is 2.37. The molecule has 0 saturated carbocycles. The fraction of sp³-hybridized carbons (Fsp3) is 0.303. The first-order chi connectivity index (χ1) is 19.4. The van der Waals surface area contributed by atoms with E-state index >= 15 is 0 Å². The number of hydrogen-bond acceptors (Lipinski definition) is 3. The molecule has 0 fully saturated rings. The molecule has 1 aromatic heterocycles. The van der Waals surface area contributed by atoms with Crippen molar-refractivity contribution in [2.45, 2.75) is 58.3 Å². The summed E-state index contributed by atoms with van der Waals surface area (Å²) in [6.07, 6.45) is 0.253. The molecule has 5 nitrogen and oxygen atoms in total. The first-order valence-corrected chi connectivity index (χ1v) is 13.6. The number of ketones is 1. The van der Waals surface area contributed by atoms with Crippen LogP contribution >= 0.6 is 0 Å². The molecule has 0 aliphatic carbocycles. The molecule has 2 heterocycles. The van der Waals surface area contributed by atoms with Crippen molar-refractivity contribution in [3.05, 3.63) is 101 Å². The average Bonchev–Trinajstić information content (AvgIpc) is 2.93. The zero-order valence-corrected chi connectivity index (χ0v) is 23.3. The molecule has 1 aliphatic heterocycles. The van der Waals surface area contributed by atoms with Crippen molar-refractivity contribution in [2.24, 2.45) is 0 Å². The first-order valence-electron chi connectivity index (χ1n) is 13.6. The number of fused-ring (bicyclic) bond motifs is 2. The molecule has 4 aromatic rings. The van der Waals surface area contributed by atoms with Gasteiger partial charge < -0.3 is 10.2 Å². The number of halogens is 3. The number of pyridine rings is 1. The van der Waals surface area contributed by atoms with E-state index < -0.39 is 17.3 Å². The highest BCUT2D eigenvalue weighted by molar-refractivity contribution is 5.99. The van der Waals surface area contributed by atoms with Gasteiger partial charge in [-0.15, -0.1) is 0 Å². The minimum atomic E-state index is -4.47. The molecular formula is C33H32F3N3O2. The predicted octanol–water partition coefficient (Wildman–Crippen LogP) is 7.60. The van der Waals surface area contributed by atoms with Crippen LogP contribution in [0.25, 0.3) is 21.9 Å². The second kappa shape index (κ2) is 11.0. The summed E-state index contributed by atoms with van der Waals surface area (Å²) in [6, 6.07) is 16.3. The lowest BCUT2D eigenvalue weighted by atomic mass is 9.85. The molecule has 41 heavy (non-hydrogen) atoms. The van der Waals surface area contributed by atoms with Crippen LogP contribution in [0.2, 0.25) is 0 Å². The van der Waals surface area contributed by atoms with Gasteiger partial charge in [-0.05, 0) is 78.9 Å². The molecule has 0 bridgehead atoms. The molecule has 0 unspecified atom stereocenters. The molecular weight excluding hydrogens is 527 g/mol. The van der Waals surface area contributed by atoms with Gasteiger partial charge >= 0.3 is 12.2 Å². The van der Waals surface area contributed by atoms with Gasteiger partial charge in [0.2, 0.25) is 0 Å². The molecule has 8 heteroatoms. The number of carbonyl (C=O) groups is 2. The third-order valence-corrected chi connectivity index (χ3v) is 7.35. The maximum absolute atomic E-state index is 13.7. The number of aromatic nitrogens is 1. The van der Waals surface area contributed by atoms with E-state index in [4.69, 9.17) is 0 Å². The molecule has 1 aliphatic rings. The molecule has 1 N–H and O–H groups in total. The number of Topliss-reactive ketones (excluding diaryl/α,β-unsaturated/α-hetero) is 1. The van der Waals surface area contributed by atoms with Crippen molar-refractivity contribution in [3.63, 3.8) is 0 Å². The van der Waals surface area contributed by atoms with E-state index in [9.17, 15) is 22.8 Å². The third kappa shape index (κ3) is 6.26. The Labute approximate surface area is 237 Å². The topological polar surface area (TPSA) is 62.3 Å². The number of benzene rings is 3. The van der Waals surface area contributed by atoms with Crippen molar-refractivity contribution < 1.29 is 22.8 Å². The van der Waals surface area contributed by atoms with Crippen molar-refractivity contribution in [3.8, 4) is 11.1 Å². The van der Waals surface area contributed by atoms with E-state index in [1.165, 1.54) is 6.07 Å². The van der Waals surface area contributed by atoms with Crippen LogP contribution < -0.4 is 5.32 Å². The number of nitrogens with zero attached hydrogens (tertiary/aromatic N) is 2. The van der Waals surface area contributed by atoms with Gasteiger partial charge in [0, 0.05) is 48.4 Å². The van der Waals surface area contributed by atoms with Gasteiger partial charge in [-0.3, -0.25) is 9.78 Å². The van der Waals surface area contributed by atoms with Crippen molar-refractivity contribution >= 4 is 22.6 Å². The molecule has 2 amide bonds. The molecule has 0 atom stereocenters. The second-order valence-electron chi connectivity index (χ2n) is 11.5. The molecule has 5 rings (SSSR count). The molecule has 0 saturated heterocycles. The van der Waals surface area contributed by atoms with Crippen LogP contribution in [0.5, 0.6) is 0 Å². The number of amides is 2. The second-order valence-corrected chi connectivity index (χ2v) is 11.5. The monoisotopic (exact) mass is 559 g/mol. The highest BCUT2D eigenvalue weighted by atomic mass is 19.4. The lowest BCUT2D eigenvalue weighted by molar-refractivity contribution is -0.137. The minimum absolute atomic E-state index is 0.0807. The summed E-state index contributed by atoms with van der Waals surface area (Å²) in [5.41, 5.74) is 2.88. The van der Waals surface area contributed by atoms with E-state index in [2.05, 4.69) is 10.3 Å². The van der Waals surface area contributed by atoms with Gasteiger partial charge in [0.25, 0.3) is 0 Å². The smallest absolute Gasteiger partial charge is 0.333 e. The van der Waals surface area contributed by atoms with Gasteiger partial charge in [0.1, 0.15) is 0 Å². The summed E-state index contributed by atoms with van der Waals surface area (Å²) < 4.78 is 40.5. The zero-order valence-electron chi connectivity index (χ0n) is 23.3. The van der Waals surface area contributed by atoms with Gasteiger partial charge in [-0.2, -0.15) is 13.2 Å². The normalized spacial score (nSPS) is 13.7. The number of carbonyl (C=O) groups excluding carboxylic acids is 2. The van der Waals surface area contributed by atoms with Crippen LogP contribution in [-0.2, 0) is 25.6 Å². The lowest BCUT2D eigenvalue weighted by Gasteiger charge is -2.34. The fourth-order valence-corrected chi connectivity index (χ4v) is 5.40. The summed E-state index contributed by atoms with van der Waals surface area (Å²) in [5.74, 6) is -0.0807. The Morgan fingerprint density at radius 1 is 0.951 bits per heavy atom. The standard InChI is InChI=1S/C33H32F3N3O2/c1-32(2,3)38-31(41)39-16-15-27-26(21-8-6-9-24(17-21)33(34,35)36)12-13-28(29(27)20-39)30(40)14-11-23-19-37-18-22-7-4-5-10-25(22)23/h4-10,12-13,17-19H,11,14-16,20H2,1-3H3,(H,38,41). The Morgan fingerprint density at radius 2 is 1.73 bits per heavy atom. The minimum Gasteiger partial charge on any atom is -0.333 e. The van der Waals surface area contributed by atoms with E-state index in [0.29, 0.717) is 41.6 Å². The third-order valence-electron chi connectivity index (χ3n) is 7.35. The summed E-state index contributed by atoms with van der Waals surface area (Å²) in [7, 11) is 0. The Bertz CT molecular complexity index is 1620. The molecule has 3 aromatic carbocycles. The number of hydrogen-bond donors (Lipinski definition) is 1. The Kier molecular flexibility index (Phi) is 7.60. The van der Waals surface area contributed by atoms with Crippen LogP contribution in [0.3, 0.4) is 0 Å². The predicted molar refractivity (Wildman–Crippen MR) is 154 cm³/mol. The number of urea groups is 1. The SMILES string of the molecule is CC(C)(C)NC(=O)N1CCc2c(-c3cccc(C(F)(F)F)c3)ccc(C(=O)CCc3cncc4ccccc34)c2C1. The Balaban J connectivity index is 1.50. The highest BCUT2D eigenvalue weighted by Gasteiger charge is 2.32. The van der Waals surface area contributed by atoms with Crippen LogP contribution in [0, 0.1) is 0 Å².